The number of nitrogens with two attached hydrogens (primary N) is 1. The topological polar surface area (TPSA) is 61.0 Å². The first-order valence-electron chi connectivity index (χ1n) is 4.35. The third-order valence-corrected chi connectivity index (χ3v) is 2.57. The average molecular weight is 348 g/mol. The Balaban J connectivity index is 2.26. The Labute approximate surface area is 111 Å². The highest BCUT2D eigenvalue weighted by Crippen LogP contribution is 2.28. The average Bonchev–Trinajstić information content (AvgIpc) is 2.27. The summed E-state index contributed by atoms with van der Waals surface area (Å²) in [6.07, 6.45) is 3.31. The molecule has 0 unspecified atom stereocenters. The summed E-state index contributed by atoms with van der Waals surface area (Å²) < 4.78 is 6.34. The minimum atomic E-state index is 0.245. The molecule has 2 rings (SSSR count). The second kappa shape index (κ2) is 4.84. The monoisotopic (exact) mass is 347 g/mol. The van der Waals surface area contributed by atoms with Crippen molar-refractivity contribution in [2.24, 2.45) is 0 Å². The van der Waals surface area contributed by atoms with Gasteiger partial charge < -0.3 is 10.5 Å². The van der Waals surface area contributed by atoms with Crippen molar-refractivity contribution < 1.29 is 4.74 Å². The smallest absolute Gasteiger partial charge is 0.322 e. The lowest BCUT2D eigenvalue weighted by atomic mass is 10.3. The summed E-state index contributed by atoms with van der Waals surface area (Å²) in [7, 11) is 0. The number of nitrogen functional groups attached to an aromatic ring is 1. The normalized spacial score (nSPS) is 10.1. The zero-order chi connectivity index (χ0) is 11.5. The molecule has 0 aliphatic carbocycles. The molecule has 2 aromatic rings. The van der Waals surface area contributed by atoms with Crippen molar-refractivity contribution in [3.8, 4) is 11.8 Å². The van der Waals surface area contributed by atoms with Crippen LogP contribution >= 0.6 is 34.2 Å². The largest absolute Gasteiger partial charge is 0.422 e. The lowest BCUT2D eigenvalue weighted by molar-refractivity contribution is 0.443. The van der Waals surface area contributed by atoms with Crippen molar-refractivity contribution in [2.75, 3.05) is 5.73 Å². The fourth-order valence-corrected chi connectivity index (χ4v) is 1.49. The molecule has 82 valence electrons. The van der Waals surface area contributed by atoms with E-state index in [-0.39, 0.29) is 6.01 Å². The van der Waals surface area contributed by atoms with E-state index < -0.39 is 0 Å². The zero-order valence-corrected chi connectivity index (χ0v) is 10.9. The van der Waals surface area contributed by atoms with E-state index in [1.165, 1.54) is 0 Å². The fourth-order valence-electron chi connectivity index (χ4n) is 1.05. The summed E-state index contributed by atoms with van der Waals surface area (Å²) in [6, 6.07) is 5.23. The maximum absolute atomic E-state index is 5.83. The Morgan fingerprint density at radius 3 is 2.62 bits per heavy atom. The molecule has 1 heterocycles. The lowest BCUT2D eigenvalue weighted by Crippen LogP contribution is -1.95. The third kappa shape index (κ3) is 2.73. The van der Waals surface area contributed by atoms with Crippen LogP contribution in [-0.4, -0.2) is 9.97 Å². The third-order valence-electron chi connectivity index (χ3n) is 1.77. The molecule has 0 fully saturated rings. The van der Waals surface area contributed by atoms with E-state index in [1.54, 1.807) is 30.6 Å². The van der Waals surface area contributed by atoms with Crippen LogP contribution in [0.5, 0.6) is 11.8 Å². The molecule has 0 spiro atoms. The molecule has 2 N–H and O–H groups in total. The van der Waals surface area contributed by atoms with E-state index in [0.717, 1.165) is 3.57 Å². The number of anilines is 1. The molecule has 0 radical (unpaired) electrons. The van der Waals surface area contributed by atoms with Crippen LogP contribution in [0.15, 0.2) is 30.6 Å². The van der Waals surface area contributed by atoms with Crippen LogP contribution < -0.4 is 10.5 Å². The number of hydrogen-bond donors (Lipinski definition) is 1. The zero-order valence-electron chi connectivity index (χ0n) is 8.02. The van der Waals surface area contributed by atoms with Gasteiger partial charge in [-0.25, -0.2) is 9.97 Å². The quantitative estimate of drug-likeness (QED) is 0.670. The van der Waals surface area contributed by atoms with Gasteiger partial charge >= 0.3 is 6.01 Å². The molecule has 16 heavy (non-hydrogen) atoms. The van der Waals surface area contributed by atoms with Gasteiger partial charge in [0, 0.05) is 27.1 Å². The molecule has 0 saturated carbocycles. The molecule has 1 aromatic heterocycles. The molecular formula is C10H7ClIN3O. The van der Waals surface area contributed by atoms with E-state index in [2.05, 4.69) is 32.6 Å². The minimum absolute atomic E-state index is 0.245. The van der Waals surface area contributed by atoms with E-state index in [9.17, 15) is 0 Å². The van der Waals surface area contributed by atoms with Gasteiger partial charge in [-0.05, 0) is 34.7 Å². The lowest BCUT2D eigenvalue weighted by Gasteiger charge is -2.06. The minimum Gasteiger partial charge on any atom is -0.422 e. The molecule has 0 atom stereocenters. The predicted octanol–water partition coefficient (Wildman–Crippen LogP) is 3.11. The predicted molar refractivity (Wildman–Crippen MR) is 70.7 cm³/mol. The van der Waals surface area contributed by atoms with Crippen LogP contribution in [0.25, 0.3) is 0 Å². The molecule has 4 nitrogen and oxygen atoms in total. The maximum Gasteiger partial charge on any atom is 0.322 e. The van der Waals surface area contributed by atoms with Crippen molar-refractivity contribution in [1.82, 2.24) is 9.97 Å². The van der Waals surface area contributed by atoms with E-state index in [0.29, 0.717) is 16.5 Å². The first-order valence-corrected chi connectivity index (χ1v) is 5.81. The van der Waals surface area contributed by atoms with Gasteiger partial charge in [-0.15, -0.1) is 0 Å². The molecular weight excluding hydrogens is 340 g/mol. The van der Waals surface area contributed by atoms with Crippen molar-refractivity contribution in [2.45, 2.75) is 0 Å². The number of aromatic nitrogens is 2. The Kier molecular flexibility index (Phi) is 3.45. The van der Waals surface area contributed by atoms with Gasteiger partial charge in [-0.1, -0.05) is 11.6 Å². The molecule has 0 aliphatic rings. The van der Waals surface area contributed by atoms with Crippen LogP contribution in [0.4, 0.5) is 5.69 Å². The fraction of sp³-hybridized carbons (Fsp3) is 0. The summed E-state index contributed by atoms with van der Waals surface area (Å²) in [5.74, 6) is 0.453. The second-order valence-electron chi connectivity index (χ2n) is 2.97. The number of benzene rings is 1. The molecule has 1 aromatic carbocycles. The summed E-state index contributed by atoms with van der Waals surface area (Å²) in [5.41, 5.74) is 6.22. The summed E-state index contributed by atoms with van der Waals surface area (Å²) in [5, 5.41) is 0.551. The number of nitrogens with zero attached hydrogens (tertiary/aromatic N) is 2. The SMILES string of the molecule is Nc1ccc(Cl)cc1Oc1ncc(I)cn1. The summed E-state index contributed by atoms with van der Waals surface area (Å²) in [6.45, 7) is 0. The van der Waals surface area contributed by atoms with Gasteiger partial charge in [-0.3, -0.25) is 0 Å². The highest BCUT2D eigenvalue weighted by molar-refractivity contribution is 14.1. The van der Waals surface area contributed by atoms with Gasteiger partial charge in [0.2, 0.25) is 0 Å². The summed E-state index contributed by atoms with van der Waals surface area (Å²) in [4.78, 5) is 8.01. The van der Waals surface area contributed by atoms with Crippen molar-refractivity contribution >= 4 is 39.9 Å². The Morgan fingerprint density at radius 1 is 1.25 bits per heavy atom. The van der Waals surface area contributed by atoms with E-state index >= 15 is 0 Å². The highest BCUT2D eigenvalue weighted by Gasteiger charge is 2.05. The Morgan fingerprint density at radius 2 is 1.94 bits per heavy atom. The number of ether oxygens (including phenoxy) is 1. The maximum atomic E-state index is 5.83. The van der Waals surface area contributed by atoms with Crippen molar-refractivity contribution in [3.63, 3.8) is 0 Å². The van der Waals surface area contributed by atoms with Crippen LogP contribution in [0, 0.1) is 3.57 Å². The van der Waals surface area contributed by atoms with E-state index in [4.69, 9.17) is 22.1 Å². The van der Waals surface area contributed by atoms with E-state index in [1.807, 2.05) is 0 Å². The highest BCUT2D eigenvalue weighted by atomic mass is 127. The van der Waals surface area contributed by atoms with Gasteiger partial charge in [0.1, 0.15) is 0 Å². The standard InChI is InChI=1S/C10H7ClIN3O/c11-6-1-2-8(13)9(3-6)16-10-14-4-7(12)5-15-10/h1-5H,13H2. The van der Waals surface area contributed by atoms with Gasteiger partial charge in [0.05, 0.1) is 5.69 Å². The first-order chi connectivity index (χ1) is 7.65. The van der Waals surface area contributed by atoms with Gasteiger partial charge in [-0.2, -0.15) is 0 Å². The molecule has 0 bridgehead atoms. The molecule has 0 saturated heterocycles. The molecule has 0 aliphatic heterocycles. The summed E-state index contributed by atoms with van der Waals surface area (Å²) >= 11 is 7.94. The Hall–Kier alpha value is -1.08. The van der Waals surface area contributed by atoms with Gasteiger partial charge in [0.15, 0.2) is 5.75 Å². The van der Waals surface area contributed by atoms with Crippen LogP contribution in [0.1, 0.15) is 0 Å². The Bertz CT molecular complexity index is 504. The molecule has 0 amide bonds. The second-order valence-corrected chi connectivity index (χ2v) is 4.65. The number of rotatable bonds is 2. The number of halogens is 2. The van der Waals surface area contributed by atoms with Gasteiger partial charge in [0.25, 0.3) is 0 Å². The molecule has 6 heteroatoms. The van der Waals surface area contributed by atoms with Crippen molar-refractivity contribution in [1.29, 1.82) is 0 Å². The van der Waals surface area contributed by atoms with Crippen LogP contribution in [-0.2, 0) is 0 Å². The van der Waals surface area contributed by atoms with Crippen LogP contribution in [0.2, 0.25) is 5.02 Å². The van der Waals surface area contributed by atoms with Crippen molar-refractivity contribution in [3.05, 3.63) is 39.2 Å². The van der Waals surface area contributed by atoms with Crippen LogP contribution in [0.3, 0.4) is 0 Å². The first kappa shape index (κ1) is 11.4. The number of hydrogen-bond acceptors (Lipinski definition) is 4.